The minimum absolute atomic E-state index is 0. The Morgan fingerprint density at radius 1 is 1.14 bits per heavy atom. The smallest absolute Gasteiger partial charge is 0.237 e. The van der Waals surface area contributed by atoms with E-state index in [2.05, 4.69) is 33.1 Å². The molecule has 0 spiro atoms. The molecule has 2 unspecified atom stereocenters. The van der Waals surface area contributed by atoms with Crippen LogP contribution in [-0.2, 0) is 17.9 Å². The van der Waals surface area contributed by atoms with Crippen molar-refractivity contribution in [2.75, 3.05) is 0 Å². The molecule has 28 heavy (non-hydrogen) atoms. The molecule has 3 rings (SSSR count). The number of imidazole rings is 1. The number of halogens is 2. The van der Waals surface area contributed by atoms with Gasteiger partial charge in [-0.1, -0.05) is 56.7 Å². The van der Waals surface area contributed by atoms with Gasteiger partial charge in [-0.15, -0.1) is 24.8 Å². The number of para-hydroxylation sites is 2. The van der Waals surface area contributed by atoms with E-state index >= 15 is 0 Å². The fraction of sp³-hybridized carbons (Fsp3) is 0.333. The number of hydrogen-bond donors (Lipinski definition) is 2. The van der Waals surface area contributed by atoms with Gasteiger partial charge in [-0.05, 0) is 29.2 Å². The van der Waals surface area contributed by atoms with Crippen LogP contribution >= 0.6 is 24.8 Å². The fourth-order valence-electron chi connectivity index (χ4n) is 2.99. The summed E-state index contributed by atoms with van der Waals surface area (Å²) in [5.74, 6) is 0.0845. The number of amides is 1. The molecule has 1 heterocycles. The Labute approximate surface area is 178 Å². The summed E-state index contributed by atoms with van der Waals surface area (Å²) in [5, 5.41) is 2.95. The van der Waals surface area contributed by atoms with Crippen molar-refractivity contribution in [1.82, 2.24) is 14.9 Å². The average molecular weight is 423 g/mol. The number of carbonyl (C=O) groups excluding carboxylic acids is 1. The molecular weight excluding hydrogens is 395 g/mol. The summed E-state index contributed by atoms with van der Waals surface area (Å²) in [6, 6.07) is 15.9. The largest absolute Gasteiger partial charge is 0.351 e. The Morgan fingerprint density at radius 3 is 2.61 bits per heavy atom. The van der Waals surface area contributed by atoms with Crippen LogP contribution in [0.5, 0.6) is 0 Å². The molecule has 3 aromatic rings. The van der Waals surface area contributed by atoms with Gasteiger partial charge in [-0.3, -0.25) is 4.79 Å². The maximum Gasteiger partial charge on any atom is 0.237 e. The molecule has 2 aromatic carbocycles. The number of carbonyl (C=O) groups is 1. The van der Waals surface area contributed by atoms with Crippen LogP contribution in [0.15, 0.2) is 54.9 Å². The zero-order chi connectivity index (χ0) is 18.5. The third-order valence-corrected chi connectivity index (χ3v) is 4.90. The third-order valence-electron chi connectivity index (χ3n) is 4.90. The maximum atomic E-state index is 12.2. The highest BCUT2D eigenvalue weighted by molar-refractivity contribution is 5.85. The standard InChI is InChI=1S/C21H26N4O.2ClH/c1-3-15(2)20(22)21(26)23-12-16-7-6-8-17(11-16)13-25-14-24-18-9-4-5-10-19(18)25;;/h4-11,14-15,20H,3,12-13,22H2,1-2H3,(H,23,26);2*1H. The van der Waals surface area contributed by atoms with Crippen LogP contribution in [0.4, 0.5) is 0 Å². The first-order chi connectivity index (χ1) is 12.6. The van der Waals surface area contributed by atoms with Crippen molar-refractivity contribution in [3.63, 3.8) is 0 Å². The van der Waals surface area contributed by atoms with Crippen molar-refractivity contribution in [3.05, 3.63) is 66.0 Å². The summed E-state index contributed by atoms with van der Waals surface area (Å²) in [6.45, 7) is 5.28. The molecule has 2 atom stereocenters. The van der Waals surface area contributed by atoms with Crippen molar-refractivity contribution in [2.24, 2.45) is 11.7 Å². The van der Waals surface area contributed by atoms with Crippen LogP contribution in [0, 0.1) is 5.92 Å². The van der Waals surface area contributed by atoms with Crippen LogP contribution < -0.4 is 11.1 Å². The lowest BCUT2D eigenvalue weighted by molar-refractivity contribution is -0.123. The van der Waals surface area contributed by atoms with Crippen molar-refractivity contribution >= 4 is 41.8 Å². The zero-order valence-corrected chi connectivity index (χ0v) is 17.8. The molecule has 152 valence electrons. The molecule has 0 aliphatic heterocycles. The average Bonchev–Trinajstić information content (AvgIpc) is 3.08. The molecule has 0 fully saturated rings. The number of hydrogen-bond acceptors (Lipinski definition) is 3. The van der Waals surface area contributed by atoms with Crippen LogP contribution in [0.1, 0.15) is 31.4 Å². The van der Waals surface area contributed by atoms with Crippen molar-refractivity contribution in [2.45, 2.75) is 39.4 Å². The van der Waals surface area contributed by atoms with E-state index in [1.807, 2.05) is 50.5 Å². The predicted molar refractivity (Wildman–Crippen MR) is 119 cm³/mol. The first kappa shape index (κ1) is 24.0. The molecule has 0 saturated heterocycles. The molecule has 1 aromatic heterocycles. The molecule has 1 amide bonds. The van der Waals surface area contributed by atoms with Crippen molar-refractivity contribution < 1.29 is 4.79 Å². The van der Waals surface area contributed by atoms with E-state index in [0.29, 0.717) is 6.54 Å². The predicted octanol–water partition coefficient (Wildman–Crippen LogP) is 3.92. The highest BCUT2D eigenvalue weighted by Crippen LogP contribution is 2.15. The topological polar surface area (TPSA) is 72.9 Å². The van der Waals surface area contributed by atoms with Gasteiger partial charge in [0.1, 0.15) is 0 Å². The molecule has 0 bridgehead atoms. The first-order valence-corrected chi connectivity index (χ1v) is 9.09. The second-order valence-electron chi connectivity index (χ2n) is 6.81. The monoisotopic (exact) mass is 422 g/mol. The Bertz CT molecular complexity index is 897. The molecule has 7 heteroatoms. The van der Waals surface area contributed by atoms with Gasteiger partial charge < -0.3 is 15.6 Å². The molecule has 0 saturated carbocycles. The summed E-state index contributed by atoms with van der Waals surface area (Å²) in [4.78, 5) is 16.6. The minimum atomic E-state index is -0.458. The highest BCUT2D eigenvalue weighted by Gasteiger charge is 2.18. The number of nitrogens with two attached hydrogens (primary N) is 1. The number of aromatic nitrogens is 2. The SMILES string of the molecule is CCC(C)C(N)C(=O)NCc1cccc(Cn2cnc3ccccc32)c1.Cl.Cl. The fourth-order valence-corrected chi connectivity index (χ4v) is 2.99. The van der Waals surface area contributed by atoms with Gasteiger partial charge in [-0.25, -0.2) is 4.98 Å². The van der Waals surface area contributed by atoms with E-state index in [1.54, 1.807) is 0 Å². The number of benzene rings is 2. The van der Waals surface area contributed by atoms with Gasteiger partial charge in [0, 0.05) is 13.1 Å². The minimum Gasteiger partial charge on any atom is -0.351 e. The Morgan fingerprint density at radius 2 is 1.86 bits per heavy atom. The maximum absolute atomic E-state index is 12.2. The van der Waals surface area contributed by atoms with E-state index in [4.69, 9.17) is 5.73 Å². The van der Waals surface area contributed by atoms with E-state index < -0.39 is 6.04 Å². The lowest BCUT2D eigenvalue weighted by Crippen LogP contribution is -2.44. The van der Waals surface area contributed by atoms with Gasteiger partial charge in [0.15, 0.2) is 0 Å². The molecule has 0 aliphatic carbocycles. The van der Waals surface area contributed by atoms with Crippen molar-refractivity contribution in [1.29, 1.82) is 0 Å². The highest BCUT2D eigenvalue weighted by atomic mass is 35.5. The van der Waals surface area contributed by atoms with Crippen LogP contribution in [-0.4, -0.2) is 21.5 Å². The summed E-state index contributed by atoms with van der Waals surface area (Å²) < 4.78 is 2.13. The number of fused-ring (bicyclic) bond motifs is 1. The van der Waals surface area contributed by atoms with Gasteiger partial charge in [0.2, 0.25) is 5.91 Å². The van der Waals surface area contributed by atoms with E-state index in [1.165, 1.54) is 5.56 Å². The molecule has 0 aliphatic rings. The van der Waals surface area contributed by atoms with E-state index in [9.17, 15) is 4.79 Å². The van der Waals surface area contributed by atoms with E-state index in [-0.39, 0.29) is 36.6 Å². The normalized spacial score (nSPS) is 12.5. The third kappa shape index (κ3) is 5.71. The van der Waals surface area contributed by atoms with Crippen molar-refractivity contribution in [3.8, 4) is 0 Å². The summed E-state index contributed by atoms with van der Waals surface area (Å²) >= 11 is 0. The van der Waals surface area contributed by atoms with Gasteiger partial charge in [0.05, 0.1) is 23.4 Å². The Balaban J connectivity index is 0.00000196. The van der Waals surface area contributed by atoms with Gasteiger partial charge >= 0.3 is 0 Å². The summed E-state index contributed by atoms with van der Waals surface area (Å²) in [7, 11) is 0. The van der Waals surface area contributed by atoms with E-state index in [0.717, 1.165) is 29.6 Å². The van der Waals surface area contributed by atoms with Gasteiger partial charge in [0.25, 0.3) is 0 Å². The second-order valence-corrected chi connectivity index (χ2v) is 6.81. The first-order valence-electron chi connectivity index (χ1n) is 9.09. The number of nitrogens with zero attached hydrogens (tertiary/aromatic N) is 2. The lowest BCUT2D eigenvalue weighted by atomic mass is 9.99. The Kier molecular flexibility index (Phi) is 9.46. The molecule has 3 N–H and O–H groups in total. The van der Waals surface area contributed by atoms with Gasteiger partial charge in [-0.2, -0.15) is 0 Å². The quantitative estimate of drug-likeness (QED) is 0.605. The zero-order valence-electron chi connectivity index (χ0n) is 16.2. The van der Waals surface area contributed by atoms with Crippen LogP contribution in [0.3, 0.4) is 0 Å². The van der Waals surface area contributed by atoms with Crippen LogP contribution in [0.2, 0.25) is 0 Å². The van der Waals surface area contributed by atoms with Crippen LogP contribution in [0.25, 0.3) is 11.0 Å². The molecule has 0 radical (unpaired) electrons. The lowest BCUT2D eigenvalue weighted by Gasteiger charge is -2.17. The Hall–Kier alpha value is -2.08. The number of nitrogens with one attached hydrogen (secondary N) is 1. The molecule has 5 nitrogen and oxygen atoms in total. The molecular formula is C21H28Cl2N4O. The number of rotatable bonds is 7. The summed E-state index contributed by atoms with van der Waals surface area (Å²) in [5.41, 5.74) is 10.3. The summed E-state index contributed by atoms with van der Waals surface area (Å²) in [6.07, 6.45) is 2.76. The second kappa shape index (κ2) is 11.1.